The van der Waals surface area contributed by atoms with Crippen LogP contribution in [0, 0.1) is 11.3 Å². The van der Waals surface area contributed by atoms with Crippen molar-refractivity contribution in [3.8, 4) is 11.8 Å². The van der Waals surface area contributed by atoms with Crippen LogP contribution in [0.4, 0.5) is 11.4 Å². The molecule has 0 radical (unpaired) electrons. The maximum atomic E-state index is 11.8. The van der Waals surface area contributed by atoms with Gasteiger partial charge in [0.15, 0.2) is 6.61 Å². The zero-order valence-corrected chi connectivity index (χ0v) is 12.5. The molecule has 0 spiro atoms. The van der Waals surface area contributed by atoms with Gasteiger partial charge in [-0.1, -0.05) is 0 Å². The van der Waals surface area contributed by atoms with Crippen LogP contribution in [0.25, 0.3) is 0 Å². The summed E-state index contributed by atoms with van der Waals surface area (Å²) < 4.78 is 5.34. The molecular formula is C17H15N3O3. The average molecular weight is 309 g/mol. The highest BCUT2D eigenvalue weighted by Gasteiger charge is 2.04. The first kappa shape index (κ1) is 16.0. The number of hydrogen-bond donors (Lipinski definition) is 2. The number of carbonyl (C=O) groups is 2. The molecule has 0 atom stereocenters. The molecule has 2 amide bonds. The summed E-state index contributed by atoms with van der Waals surface area (Å²) in [5.74, 6) is 0.0550. The zero-order chi connectivity index (χ0) is 16.7. The Morgan fingerprint density at radius 2 is 1.57 bits per heavy atom. The molecule has 2 aromatic carbocycles. The quantitative estimate of drug-likeness (QED) is 0.888. The maximum Gasteiger partial charge on any atom is 0.262 e. The Labute approximate surface area is 133 Å². The van der Waals surface area contributed by atoms with Crippen LogP contribution < -0.4 is 15.4 Å². The second-order valence-corrected chi connectivity index (χ2v) is 4.73. The SMILES string of the molecule is CC(=O)Nc1ccc(NC(=O)COc2ccc(C#N)cc2)cc1. The number of carbonyl (C=O) groups excluding carboxylic acids is 2. The van der Waals surface area contributed by atoms with Crippen molar-refractivity contribution in [1.29, 1.82) is 5.26 Å². The van der Waals surface area contributed by atoms with Crippen LogP contribution in [-0.2, 0) is 9.59 Å². The van der Waals surface area contributed by atoms with Gasteiger partial charge in [-0.25, -0.2) is 0 Å². The number of nitrogens with one attached hydrogen (secondary N) is 2. The third-order valence-electron chi connectivity index (χ3n) is 2.84. The average Bonchev–Trinajstić information content (AvgIpc) is 2.55. The molecule has 23 heavy (non-hydrogen) atoms. The van der Waals surface area contributed by atoms with E-state index < -0.39 is 0 Å². The fraction of sp³-hybridized carbons (Fsp3) is 0.118. The fourth-order valence-electron chi connectivity index (χ4n) is 1.81. The summed E-state index contributed by atoms with van der Waals surface area (Å²) >= 11 is 0. The first-order chi connectivity index (χ1) is 11.1. The van der Waals surface area contributed by atoms with Gasteiger partial charge in [0.2, 0.25) is 5.91 Å². The molecule has 0 aliphatic heterocycles. The van der Waals surface area contributed by atoms with E-state index in [1.54, 1.807) is 48.5 Å². The van der Waals surface area contributed by atoms with E-state index in [1.807, 2.05) is 6.07 Å². The van der Waals surface area contributed by atoms with Crippen molar-refractivity contribution in [2.45, 2.75) is 6.92 Å². The lowest BCUT2D eigenvalue weighted by molar-refractivity contribution is -0.118. The van der Waals surface area contributed by atoms with E-state index in [0.717, 1.165) is 0 Å². The lowest BCUT2D eigenvalue weighted by Gasteiger charge is -2.08. The molecule has 0 aliphatic rings. The van der Waals surface area contributed by atoms with Gasteiger partial charge in [-0.3, -0.25) is 9.59 Å². The van der Waals surface area contributed by atoms with Crippen molar-refractivity contribution < 1.29 is 14.3 Å². The lowest BCUT2D eigenvalue weighted by Crippen LogP contribution is -2.20. The summed E-state index contributed by atoms with van der Waals surface area (Å²) in [7, 11) is 0. The van der Waals surface area contributed by atoms with Crippen molar-refractivity contribution in [2.24, 2.45) is 0 Å². The minimum absolute atomic E-state index is 0.140. The van der Waals surface area contributed by atoms with E-state index in [9.17, 15) is 9.59 Å². The molecule has 0 unspecified atom stereocenters. The predicted octanol–water partition coefficient (Wildman–Crippen LogP) is 2.53. The summed E-state index contributed by atoms with van der Waals surface area (Å²) in [4.78, 5) is 22.7. The van der Waals surface area contributed by atoms with Crippen LogP contribution in [0.3, 0.4) is 0 Å². The van der Waals surface area contributed by atoms with Gasteiger partial charge in [0.1, 0.15) is 5.75 Å². The molecule has 0 saturated carbocycles. The molecule has 0 saturated heterocycles. The summed E-state index contributed by atoms with van der Waals surface area (Å²) in [6.07, 6.45) is 0. The Kier molecular flexibility index (Phi) is 5.31. The first-order valence-electron chi connectivity index (χ1n) is 6.87. The number of nitriles is 1. The van der Waals surface area contributed by atoms with Gasteiger partial charge in [0.25, 0.3) is 5.91 Å². The highest BCUT2D eigenvalue weighted by atomic mass is 16.5. The number of hydrogen-bond acceptors (Lipinski definition) is 4. The van der Waals surface area contributed by atoms with E-state index in [1.165, 1.54) is 6.92 Å². The van der Waals surface area contributed by atoms with Gasteiger partial charge in [-0.05, 0) is 48.5 Å². The Hall–Kier alpha value is -3.33. The Balaban J connectivity index is 1.84. The van der Waals surface area contributed by atoms with Gasteiger partial charge in [0, 0.05) is 18.3 Å². The molecule has 6 nitrogen and oxygen atoms in total. The number of anilines is 2. The van der Waals surface area contributed by atoms with Gasteiger partial charge in [-0.2, -0.15) is 5.26 Å². The molecule has 2 N–H and O–H groups in total. The number of amides is 2. The van der Waals surface area contributed by atoms with Crippen LogP contribution in [0.2, 0.25) is 0 Å². The van der Waals surface area contributed by atoms with Crippen LogP contribution in [0.15, 0.2) is 48.5 Å². The molecule has 0 fully saturated rings. The molecule has 0 heterocycles. The number of nitrogens with zero attached hydrogens (tertiary/aromatic N) is 1. The fourth-order valence-corrected chi connectivity index (χ4v) is 1.81. The minimum atomic E-state index is -0.304. The van der Waals surface area contributed by atoms with E-state index in [4.69, 9.17) is 10.00 Å². The lowest BCUT2D eigenvalue weighted by atomic mass is 10.2. The zero-order valence-electron chi connectivity index (χ0n) is 12.5. The summed E-state index contributed by atoms with van der Waals surface area (Å²) in [6.45, 7) is 1.29. The standard InChI is InChI=1S/C17H15N3O3/c1-12(21)19-14-4-6-15(7-5-14)20-17(22)11-23-16-8-2-13(10-18)3-9-16/h2-9H,11H2,1H3,(H,19,21)(H,20,22). The van der Waals surface area contributed by atoms with Crippen molar-refractivity contribution in [3.05, 3.63) is 54.1 Å². The first-order valence-corrected chi connectivity index (χ1v) is 6.87. The van der Waals surface area contributed by atoms with E-state index in [-0.39, 0.29) is 18.4 Å². The third-order valence-corrected chi connectivity index (χ3v) is 2.84. The highest BCUT2D eigenvalue weighted by molar-refractivity contribution is 5.93. The Morgan fingerprint density at radius 1 is 1.00 bits per heavy atom. The van der Waals surface area contributed by atoms with Crippen LogP contribution in [0.1, 0.15) is 12.5 Å². The van der Waals surface area contributed by atoms with Crippen LogP contribution in [0.5, 0.6) is 5.75 Å². The monoisotopic (exact) mass is 309 g/mol. The van der Waals surface area contributed by atoms with Gasteiger partial charge in [0.05, 0.1) is 11.6 Å². The van der Waals surface area contributed by atoms with Crippen molar-refractivity contribution in [3.63, 3.8) is 0 Å². The molecule has 0 aliphatic carbocycles. The molecule has 2 aromatic rings. The molecule has 0 bridgehead atoms. The Morgan fingerprint density at radius 3 is 2.09 bits per heavy atom. The molecule has 0 aromatic heterocycles. The second kappa shape index (κ2) is 7.61. The number of rotatable bonds is 5. The number of benzene rings is 2. The smallest absolute Gasteiger partial charge is 0.262 e. The van der Waals surface area contributed by atoms with Crippen LogP contribution in [-0.4, -0.2) is 18.4 Å². The predicted molar refractivity (Wildman–Crippen MR) is 86.0 cm³/mol. The summed E-state index contributed by atoms with van der Waals surface area (Å²) in [6, 6.07) is 15.3. The molecule has 6 heteroatoms. The topological polar surface area (TPSA) is 91.2 Å². The van der Waals surface area contributed by atoms with Gasteiger partial charge in [-0.15, -0.1) is 0 Å². The maximum absolute atomic E-state index is 11.8. The molecule has 116 valence electrons. The van der Waals surface area contributed by atoms with E-state index >= 15 is 0 Å². The van der Waals surface area contributed by atoms with Gasteiger partial charge >= 0.3 is 0 Å². The largest absolute Gasteiger partial charge is 0.484 e. The Bertz CT molecular complexity index is 731. The normalized spacial score (nSPS) is 9.57. The minimum Gasteiger partial charge on any atom is -0.484 e. The molecule has 2 rings (SSSR count). The van der Waals surface area contributed by atoms with Crippen molar-refractivity contribution >= 4 is 23.2 Å². The third kappa shape index (κ3) is 5.17. The second-order valence-electron chi connectivity index (χ2n) is 4.73. The van der Waals surface area contributed by atoms with E-state index in [0.29, 0.717) is 22.7 Å². The van der Waals surface area contributed by atoms with Crippen molar-refractivity contribution in [1.82, 2.24) is 0 Å². The summed E-state index contributed by atoms with van der Waals surface area (Å²) in [5, 5.41) is 14.0. The van der Waals surface area contributed by atoms with Crippen molar-refractivity contribution in [2.75, 3.05) is 17.2 Å². The summed E-state index contributed by atoms with van der Waals surface area (Å²) in [5.41, 5.74) is 1.79. The van der Waals surface area contributed by atoms with Gasteiger partial charge < -0.3 is 15.4 Å². The molecular weight excluding hydrogens is 294 g/mol. The van der Waals surface area contributed by atoms with E-state index in [2.05, 4.69) is 10.6 Å². The number of ether oxygens (including phenoxy) is 1. The highest BCUT2D eigenvalue weighted by Crippen LogP contribution is 2.14. The van der Waals surface area contributed by atoms with Crippen LogP contribution >= 0.6 is 0 Å².